The summed E-state index contributed by atoms with van der Waals surface area (Å²) in [6, 6.07) is 0. The van der Waals surface area contributed by atoms with Crippen LogP contribution >= 0.6 is 40.0 Å². The third kappa shape index (κ3) is 13.4. The van der Waals surface area contributed by atoms with Crippen LogP contribution in [0.2, 0.25) is 0 Å². The molecule has 5 heteroatoms. The van der Waals surface area contributed by atoms with E-state index in [0.717, 1.165) is 6.42 Å². The van der Waals surface area contributed by atoms with E-state index in [4.69, 9.17) is 0 Å². The van der Waals surface area contributed by atoms with E-state index in [1.54, 1.807) is 0 Å². The van der Waals surface area contributed by atoms with Crippen LogP contribution in [-0.2, 0) is 19.1 Å². The van der Waals surface area contributed by atoms with Gasteiger partial charge < -0.3 is 0 Å². The third-order valence-electron chi connectivity index (χ3n) is 1.31. The van der Waals surface area contributed by atoms with E-state index < -0.39 is 0 Å². The number of halogens is 2. The van der Waals surface area contributed by atoms with Crippen molar-refractivity contribution in [2.45, 2.75) is 39.5 Å². The molecular formula is C8H14I2O2V. The van der Waals surface area contributed by atoms with Crippen LogP contribution in [-0.4, -0.2) is 11.6 Å². The zero-order valence-corrected chi connectivity index (χ0v) is 13.6. The Morgan fingerprint density at radius 3 is 1.54 bits per heavy atom. The van der Waals surface area contributed by atoms with Crippen LogP contribution in [0.25, 0.3) is 0 Å². The molecule has 0 amide bonds. The molecule has 0 bridgehead atoms. The predicted octanol–water partition coefficient (Wildman–Crippen LogP) is 3.49. The van der Waals surface area contributed by atoms with Crippen molar-refractivity contribution in [3.05, 3.63) is 0 Å². The summed E-state index contributed by atoms with van der Waals surface area (Å²) in [6.07, 6.45) is 2.20. The molecule has 0 aromatic heterocycles. The summed E-state index contributed by atoms with van der Waals surface area (Å²) in [4.78, 5) is 20.9. The predicted molar refractivity (Wildman–Crippen MR) is 67.9 cm³/mol. The Morgan fingerprint density at radius 1 is 1.08 bits per heavy atom. The first-order valence-electron chi connectivity index (χ1n) is 4.16. The van der Waals surface area contributed by atoms with Gasteiger partial charge in [-0.3, -0.25) is 9.59 Å². The molecule has 0 aromatic rings. The number of hydrogen-bond acceptors (Lipinski definition) is 2. The SMILES string of the molecule is CC.O=C1CCCC(=O)C1.[I][V][I]. The van der Waals surface area contributed by atoms with Gasteiger partial charge in [0.15, 0.2) is 0 Å². The zero-order valence-electron chi connectivity index (χ0n) is 7.85. The summed E-state index contributed by atoms with van der Waals surface area (Å²) in [5.74, 6) is 0.225. The molecule has 0 aromatic carbocycles. The first-order chi connectivity index (χ1) is 6.20. The van der Waals surface area contributed by atoms with Gasteiger partial charge >= 0.3 is 49.4 Å². The van der Waals surface area contributed by atoms with E-state index >= 15 is 0 Å². The van der Waals surface area contributed by atoms with Crippen LogP contribution < -0.4 is 0 Å². The van der Waals surface area contributed by atoms with Gasteiger partial charge in [0.25, 0.3) is 0 Å². The summed E-state index contributed by atoms with van der Waals surface area (Å²) in [5, 5.41) is 0. The Labute approximate surface area is 109 Å². The average molecular weight is 447 g/mol. The Balaban J connectivity index is 0. The molecule has 13 heavy (non-hydrogen) atoms. The Morgan fingerprint density at radius 2 is 1.38 bits per heavy atom. The molecule has 0 atom stereocenters. The van der Waals surface area contributed by atoms with Crippen LogP contribution in [0.15, 0.2) is 0 Å². The van der Waals surface area contributed by atoms with Crippen molar-refractivity contribution in [2.24, 2.45) is 0 Å². The fourth-order valence-electron chi connectivity index (χ4n) is 0.879. The molecule has 0 unspecified atom stereocenters. The van der Waals surface area contributed by atoms with Crippen molar-refractivity contribution in [3.63, 3.8) is 0 Å². The van der Waals surface area contributed by atoms with E-state index in [1.165, 1.54) is 0 Å². The standard InChI is InChI=1S/C6H8O2.C2H6.2HI.V/c7-5-2-1-3-6(8)4-5;1-2;;;/h1-4H2;1-2H3;2*1H;/q;;;;+2/p-2. The van der Waals surface area contributed by atoms with Gasteiger partial charge in [0.1, 0.15) is 11.6 Å². The van der Waals surface area contributed by atoms with Crippen molar-refractivity contribution in [1.82, 2.24) is 0 Å². The summed E-state index contributed by atoms with van der Waals surface area (Å²) < 4.78 is 0. The molecule has 2 nitrogen and oxygen atoms in total. The first kappa shape index (κ1) is 16.8. The number of rotatable bonds is 0. The number of carbonyl (C=O) groups excluding carboxylic acids is 2. The number of hydrogen-bond donors (Lipinski definition) is 0. The second-order valence-corrected chi connectivity index (χ2v) is 14.0. The van der Waals surface area contributed by atoms with Crippen molar-refractivity contribution in [2.75, 3.05) is 0 Å². The molecule has 77 valence electrons. The quantitative estimate of drug-likeness (QED) is 0.421. The van der Waals surface area contributed by atoms with Crippen molar-refractivity contribution < 1.29 is 19.1 Å². The van der Waals surface area contributed by atoms with Crippen molar-refractivity contribution in [3.8, 4) is 0 Å². The second-order valence-electron chi connectivity index (χ2n) is 2.17. The molecule has 0 radical (unpaired) electrons. The van der Waals surface area contributed by atoms with Gasteiger partial charge in [-0.25, -0.2) is 0 Å². The van der Waals surface area contributed by atoms with Crippen molar-refractivity contribution >= 4 is 51.5 Å². The number of Topliss-reactive ketones (excluding diaryl/α,β-unsaturated/α-hetero) is 2. The van der Waals surface area contributed by atoms with E-state index in [1.807, 2.05) is 13.8 Å². The molecule has 0 heterocycles. The van der Waals surface area contributed by atoms with E-state index in [9.17, 15) is 9.59 Å². The van der Waals surface area contributed by atoms with Crippen LogP contribution in [0.3, 0.4) is 0 Å². The fourth-order valence-corrected chi connectivity index (χ4v) is 0.879. The van der Waals surface area contributed by atoms with Gasteiger partial charge in [-0.2, -0.15) is 0 Å². The van der Waals surface area contributed by atoms with Crippen LogP contribution in [0, 0.1) is 0 Å². The van der Waals surface area contributed by atoms with Gasteiger partial charge in [0.05, 0.1) is 6.42 Å². The Hall–Kier alpha value is 1.38. The molecule has 1 rings (SSSR count). The maximum atomic E-state index is 10.5. The molecule has 1 aliphatic carbocycles. The minimum absolute atomic E-state index is 0.112. The molecule has 0 spiro atoms. The normalized spacial score (nSPS) is 14.8. The average Bonchev–Trinajstić information content (AvgIpc) is 2.08. The zero-order chi connectivity index (χ0) is 10.7. The molecule has 0 saturated heterocycles. The van der Waals surface area contributed by atoms with Gasteiger partial charge in [-0.1, -0.05) is 13.8 Å². The second kappa shape index (κ2) is 13.4. The topological polar surface area (TPSA) is 34.1 Å². The van der Waals surface area contributed by atoms with Gasteiger partial charge in [-0.15, -0.1) is 0 Å². The van der Waals surface area contributed by atoms with Gasteiger partial charge in [-0.05, 0) is 6.42 Å². The van der Waals surface area contributed by atoms with E-state index in [2.05, 4.69) is 40.0 Å². The van der Waals surface area contributed by atoms with E-state index in [-0.39, 0.29) is 18.0 Å². The van der Waals surface area contributed by atoms with Crippen LogP contribution in [0.4, 0.5) is 0 Å². The Bertz CT molecular complexity index is 137. The van der Waals surface area contributed by atoms with Crippen molar-refractivity contribution in [1.29, 1.82) is 0 Å². The molecule has 1 aliphatic rings. The van der Waals surface area contributed by atoms with Crippen LogP contribution in [0.5, 0.6) is 0 Å². The minimum atomic E-state index is 0.112. The monoisotopic (exact) mass is 447 g/mol. The molecule has 1 fully saturated rings. The fraction of sp³-hybridized carbons (Fsp3) is 0.750. The molecule has 1 saturated carbocycles. The summed E-state index contributed by atoms with van der Waals surface area (Å²) in [5.41, 5.74) is 0. The number of carbonyl (C=O) groups is 2. The molecular weight excluding hydrogens is 433 g/mol. The summed E-state index contributed by atoms with van der Waals surface area (Å²) in [7, 11) is 0.628. The first-order valence-corrected chi connectivity index (χ1v) is 13.2. The van der Waals surface area contributed by atoms with Gasteiger partial charge in [0, 0.05) is 12.8 Å². The summed E-state index contributed by atoms with van der Waals surface area (Å²) >= 11 is 4.74. The van der Waals surface area contributed by atoms with Crippen LogP contribution in [0.1, 0.15) is 39.5 Å². The molecule has 0 aliphatic heterocycles. The van der Waals surface area contributed by atoms with Gasteiger partial charge in [0.2, 0.25) is 0 Å². The number of ketones is 2. The summed E-state index contributed by atoms with van der Waals surface area (Å²) in [6.45, 7) is 4.00. The Kier molecular flexibility index (Phi) is 17.3. The molecule has 0 N–H and O–H groups in total. The maximum absolute atomic E-state index is 10.5. The van der Waals surface area contributed by atoms with E-state index in [0.29, 0.717) is 22.3 Å². The third-order valence-corrected chi connectivity index (χ3v) is 1.31.